The van der Waals surface area contributed by atoms with Gasteiger partial charge in [0, 0.05) is 31.3 Å². The third-order valence-corrected chi connectivity index (χ3v) is 8.19. The molecule has 3 heterocycles. The van der Waals surface area contributed by atoms with Crippen LogP contribution >= 0.6 is 0 Å². The fourth-order valence-electron chi connectivity index (χ4n) is 6.38. The topological polar surface area (TPSA) is 41.6 Å². The Morgan fingerprint density at radius 1 is 1.25 bits per heavy atom. The molecule has 5 rings (SSSR count). The van der Waals surface area contributed by atoms with Gasteiger partial charge in [-0.15, -0.1) is 0 Å². The zero-order valence-corrected chi connectivity index (χ0v) is 17.9. The Morgan fingerprint density at radius 2 is 2.03 bits per heavy atom. The summed E-state index contributed by atoms with van der Waals surface area (Å²) < 4.78 is 73.4. The molecule has 4 nitrogen and oxygen atoms in total. The number of hydrogen-bond acceptors (Lipinski definition) is 3. The van der Waals surface area contributed by atoms with E-state index in [-0.39, 0.29) is 60.6 Å². The smallest absolute Gasteiger partial charge is 0.378 e. The van der Waals surface area contributed by atoms with Gasteiger partial charge in [0.1, 0.15) is 12.0 Å². The maximum atomic E-state index is 14.6. The molecule has 32 heavy (non-hydrogen) atoms. The van der Waals surface area contributed by atoms with Gasteiger partial charge in [-0.2, -0.15) is 13.2 Å². The zero-order valence-electron chi connectivity index (χ0n) is 17.9. The third-order valence-electron chi connectivity index (χ3n) is 8.19. The van der Waals surface area contributed by atoms with Crippen LogP contribution in [0.15, 0.2) is 12.1 Å². The quantitative estimate of drug-likeness (QED) is 0.682. The molecule has 0 radical (unpaired) electrons. The fourth-order valence-corrected chi connectivity index (χ4v) is 6.38. The number of alkyl halides is 4. The van der Waals surface area contributed by atoms with Crippen LogP contribution in [0.4, 0.5) is 22.0 Å². The second kappa shape index (κ2) is 7.65. The van der Waals surface area contributed by atoms with Crippen molar-refractivity contribution in [3.8, 4) is 0 Å². The number of carbonyl (C=O) groups is 1. The minimum absolute atomic E-state index is 0.0000431. The van der Waals surface area contributed by atoms with E-state index in [2.05, 4.69) is 5.32 Å². The molecule has 1 spiro atoms. The molecular weight excluding hydrogens is 431 g/mol. The van der Waals surface area contributed by atoms with Crippen molar-refractivity contribution >= 4 is 5.91 Å². The zero-order chi connectivity index (χ0) is 22.8. The molecular formula is C23H27F5N2O2. The summed E-state index contributed by atoms with van der Waals surface area (Å²) >= 11 is 0. The third kappa shape index (κ3) is 3.43. The summed E-state index contributed by atoms with van der Waals surface area (Å²) in [5.74, 6) is -0.978. The Bertz CT molecular complexity index is 922. The summed E-state index contributed by atoms with van der Waals surface area (Å²) in [5, 5.41) is 3.38. The van der Waals surface area contributed by atoms with Crippen molar-refractivity contribution in [2.75, 3.05) is 13.2 Å². The molecule has 1 aromatic carbocycles. The molecule has 1 amide bonds. The van der Waals surface area contributed by atoms with E-state index in [1.54, 1.807) is 4.90 Å². The number of halogens is 5. The molecule has 0 bridgehead atoms. The van der Waals surface area contributed by atoms with Gasteiger partial charge >= 0.3 is 6.18 Å². The Morgan fingerprint density at radius 3 is 2.75 bits per heavy atom. The summed E-state index contributed by atoms with van der Waals surface area (Å²) in [6.07, 6.45) is -2.97. The lowest BCUT2D eigenvalue weighted by Crippen LogP contribution is -2.48. The minimum Gasteiger partial charge on any atom is -0.378 e. The number of fused-ring (bicyclic) bond motifs is 2. The number of carbonyl (C=O) groups excluding carboxylic acids is 1. The van der Waals surface area contributed by atoms with Crippen LogP contribution in [0.2, 0.25) is 0 Å². The van der Waals surface area contributed by atoms with Crippen LogP contribution in [-0.4, -0.2) is 48.3 Å². The largest absolute Gasteiger partial charge is 0.416 e. The maximum absolute atomic E-state index is 14.6. The van der Waals surface area contributed by atoms with E-state index in [1.165, 1.54) is 0 Å². The predicted octanol–water partition coefficient (Wildman–Crippen LogP) is 4.00. The van der Waals surface area contributed by atoms with Crippen molar-refractivity contribution in [1.29, 1.82) is 0 Å². The average Bonchev–Trinajstić information content (AvgIpc) is 3.25. The highest BCUT2D eigenvalue weighted by molar-refractivity contribution is 5.87. The number of ether oxygens (including phenoxy) is 1. The van der Waals surface area contributed by atoms with E-state index < -0.39 is 29.1 Å². The Hall–Kier alpha value is -1.74. The number of benzene rings is 1. The first-order valence-corrected chi connectivity index (χ1v) is 11.3. The van der Waals surface area contributed by atoms with Crippen molar-refractivity contribution in [3.63, 3.8) is 0 Å². The average molecular weight is 458 g/mol. The summed E-state index contributed by atoms with van der Waals surface area (Å²) in [5.41, 5.74) is -1.14. The Labute approximate surface area is 183 Å². The predicted molar refractivity (Wildman–Crippen MR) is 106 cm³/mol. The van der Waals surface area contributed by atoms with Crippen LogP contribution in [0.25, 0.3) is 0 Å². The van der Waals surface area contributed by atoms with Crippen molar-refractivity contribution in [1.82, 2.24) is 10.2 Å². The van der Waals surface area contributed by atoms with Crippen molar-refractivity contribution in [3.05, 3.63) is 34.6 Å². The van der Waals surface area contributed by atoms with Crippen LogP contribution in [0.3, 0.4) is 0 Å². The lowest BCUT2D eigenvalue weighted by molar-refractivity contribution is -0.138. The molecule has 1 saturated carbocycles. The standard InChI is InChI=1S/C23H27F5N2O2/c1-12-20-8-16-13(6-14(7-17(16)24)23(26,27)28)10-30(20)21(31)22(12)4-2-15(9-22)29-19-3-5-32-11-18(19)25/h6-7,12,15,18-20,29H,2-5,8-11H2,1H3/t12?,15-,18?,19?,20?,22+/m1/s1. The molecule has 4 unspecified atom stereocenters. The lowest BCUT2D eigenvalue weighted by atomic mass is 9.73. The van der Waals surface area contributed by atoms with Gasteiger partial charge in [-0.3, -0.25) is 4.79 Å². The molecule has 1 aromatic rings. The number of rotatable bonds is 2. The Kier molecular flexibility index (Phi) is 5.28. The van der Waals surface area contributed by atoms with E-state index >= 15 is 0 Å². The molecule has 6 atom stereocenters. The number of amides is 1. The second-order valence-corrected chi connectivity index (χ2v) is 9.84. The van der Waals surface area contributed by atoms with E-state index in [1.807, 2.05) is 6.92 Å². The van der Waals surface area contributed by atoms with E-state index in [4.69, 9.17) is 4.74 Å². The van der Waals surface area contributed by atoms with Crippen LogP contribution < -0.4 is 5.32 Å². The Balaban J connectivity index is 1.36. The maximum Gasteiger partial charge on any atom is 0.416 e. The first kappa shape index (κ1) is 22.1. The van der Waals surface area contributed by atoms with Crippen LogP contribution in [0, 0.1) is 17.2 Å². The monoisotopic (exact) mass is 458 g/mol. The van der Waals surface area contributed by atoms with Gasteiger partial charge in [-0.05, 0) is 61.3 Å². The summed E-state index contributed by atoms with van der Waals surface area (Å²) in [6, 6.07) is 1.00. The second-order valence-electron chi connectivity index (χ2n) is 9.84. The van der Waals surface area contributed by atoms with Crippen molar-refractivity contribution in [2.45, 2.75) is 76.0 Å². The van der Waals surface area contributed by atoms with Crippen LogP contribution in [0.5, 0.6) is 0 Å². The van der Waals surface area contributed by atoms with Gasteiger partial charge in [0.25, 0.3) is 0 Å². The van der Waals surface area contributed by atoms with E-state index in [0.717, 1.165) is 12.5 Å². The molecule has 0 aromatic heterocycles. The van der Waals surface area contributed by atoms with Crippen LogP contribution in [-0.2, 0) is 28.7 Å². The highest BCUT2D eigenvalue weighted by Crippen LogP contribution is 2.55. The van der Waals surface area contributed by atoms with Gasteiger partial charge in [0.05, 0.1) is 17.6 Å². The van der Waals surface area contributed by atoms with Gasteiger partial charge in [0.15, 0.2) is 0 Å². The number of nitrogens with one attached hydrogen (secondary N) is 1. The normalized spacial score (nSPS) is 37.1. The molecule has 176 valence electrons. The van der Waals surface area contributed by atoms with E-state index in [0.29, 0.717) is 31.9 Å². The molecule has 2 saturated heterocycles. The van der Waals surface area contributed by atoms with Gasteiger partial charge in [-0.25, -0.2) is 8.78 Å². The highest BCUT2D eigenvalue weighted by atomic mass is 19.4. The summed E-state index contributed by atoms with van der Waals surface area (Å²) in [6.45, 7) is 2.57. The molecule has 4 aliphatic rings. The van der Waals surface area contributed by atoms with Crippen molar-refractivity contribution in [2.24, 2.45) is 11.3 Å². The lowest BCUT2D eigenvalue weighted by Gasteiger charge is -2.34. The van der Waals surface area contributed by atoms with Gasteiger partial charge < -0.3 is 15.0 Å². The van der Waals surface area contributed by atoms with Crippen molar-refractivity contribution < 1.29 is 31.5 Å². The highest BCUT2D eigenvalue weighted by Gasteiger charge is 2.60. The molecule has 1 N–H and O–H groups in total. The first-order chi connectivity index (χ1) is 15.1. The first-order valence-electron chi connectivity index (χ1n) is 11.3. The van der Waals surface area contributed by atoms with Gasteiger partial charge in [-0.1, -0.05) is 6.92 Å². The fraction of sp³-hybridized carbons (Fsp3) is 0.696. The molecule has 3 fully saturated rings. The number of hydrogen-bond donors (Lipinski definition) is 1. The van der Waals surface area contributed by atoms with E-state index in [9.17, 15) is 26.7 Å². The van der Waals surface area contributed by atoms with Crippen LogP contribution in [0.1, 0.15) is 49.3 Å². The molecule has 1 aliphatic carbocycles. The molecule has 9 heteroatoms. The minimum atomic E-state index is -4.64. The SMILES string of the molecule is CC1C2Cc3c(F)cc(C(F)(F)F)cc3CN2C(=O)[C@]12CC[C@@H](NC1CCOCC1F)C2. The van der Waals surface area contributed by atoms with Gasteiger partial charge in [0.2, 0.25) is 5.91 Å². The summed E-state index contributed by atoms with van der Waals surface area (Å²) in [4.78, 5) is 15.2. The molecule has 3 aliphatic heterocycles. The summed E-state index contributed by atoms with van der Waals surface area (Å²) in [7, 11) is 0. The number of nitrogens with zero attached hydrogens (tertiary/aromatic N) is 1.